The van der Waals surface area contributed by atoms with Crippen LogP contribution in [0.5, 0.6) is 0 Å². The van der Waals surface area contributed by atoms with Crippen molar-refractivity contribution < 1.29 is 18.7 Å². The summed E-state index contributed by atoms with van der Waals surface area (Å²) in [5.41, 5.74) is 0.0466. The van der Waals surface area contributed by atoms with Gasteiger partial charge in [0.25, 0.3) is 0 Å². The van der Waals surface area contributed by atoms with E-state index in [4.69, 9.17) is 13.9 Å². The minimum atomic E-state index is -0.504. The summed E-state index contributed by atoms with van der Waals surface area (Å²) in [7, 11) is 0. The van der Waals surface area contributed by atoms with E-state index in [1.165, 1.54) is 0 Å². The van der Waals surface area contributed by atoms with Crippen molar-refractivity contribution in [1.82, 2.24) is 4.98 Å². The van der Waals surface area contributed by atoms with E-state index in [9.17, 15) is 4.79 Å². The third kappa shape index (κ3) is 2.20. The molecule has 2 rings (SSSR count). The lowest BCUT2D eigenvalue weighted by Crippen LogP contribution is -2.20. The van der Waals surface area contributed by atoms with Gasteiger partial charge in [0, 0.05) is 6.61 Å². The van der Waals surface area contributed by atoms with Crippen LogP contribution in [0.15, 0.2) is 4.42 Å². The largest absolute Gasteiger partial charge is 0.460 e. The highest BCUT2D eigenvalue weighted by Gasteiger charge is 2.38. The first-order chi connectivity index (χ1) is 8.07. The summed E-state index contributed by atoms with van der Waals surface area (Å²) in [6.07, 6.45) is 1.84. The first-order valence-electron chi connectivity index (χ1n) is 5.86. The number of hydrogen-bond acceptors (Lipinski definition) is 5. The Balaban J connectivity index is 2.27. The maximum Gasteiger partial charge on any atom is 0.376 e. The van der Waals surface area contributed by atoms with Gasteiger partial charge in [0.05, 0.1) is 12.3 Å². The molecule has 0 saturated carbocycles. The number of esters is 1. The topological polar surface area (TPSA) is 61.6 Å². The average molecular weight is 239 g/mol. The summed E-state index contributed by atoms with van der Waals surface area (Å²) >= 11 is 0. The molecule has 1 aromatic heterocycles. The van der Waals surface area contributed by atoms with Crippen LogP contribution in [0.4, 0.5) is 0 Å². The van der Waals surface area contributed by atoms with Crippen molar-refractivity contribution in [3.63, 3.8) is 0 Å². The summed E-state index contributed by atoms with van der Waals surface area (Å²) in [5, 5.41) is 0. The third-order valence-electron chi connectivity index (χ3n) is 2.93. The molecule has 1 fully saturated rings. The second-order valence-electron chi connectivity index (χ2n) is 4.34. The first-order valence-corrected chi connectivity index (χ1v) is 5.86. The zero-order valence-corrected chi connectivity index (χ0v) is 10.4. The Bertz CT molecular complexity index is 418. The molecule has 0 amide bonds. The number of rotatable bonds is 3. The van der Waals surface area contributed by atoms with Gasteiger partial charge in [-0.3, -0.25) is 0 Å². The van der Waals surface area contributed by atoms with E-state index < -0.39 is 11.6 Å². The van der Waals surface area contributed by atoms with Crippen LogP contribution in [-0.2, 0) is 15.1 Å². The van der Waals surface area contributed by atoms with Crippen molar-refractivity contribution in [2.24, 2.45) is 0 Å². The highest BCUT2D eigenvalue weighted by atomic mass is 16.6. The normalized spacial score (nSPS) is 23.9. The summed E-state index contributed by atoms with van der Waals surface area (Å²) in [6, 6.07) is 0. The Labute approximate surface area is 100 Å². The fourth-order valence-electron chi connectivity index (χ4n) is 1.96. The molecule has 94 valence electrons. The average Bonchev–Trinajstić information content (AvgIpc) is 2.86. The van der Waals surface area contributed by atoms with E-state index in [2.05, 4.69) is 4.98 Å². The Hall–Kier alpha value is -1.36. The number of oxazole rings is 1. The molecule has 2 heterocycles. The molecule has 17 heavy (non-hydrogen) atoms. The van der Waals surface area contributed by atoms with Gasteiger partial charge in [-0.1, -0.05) is 0 Å². The Morgan fingerprint density at radius 3 is 2.94 bits per heavy atom. The molecule has 1 aromatic rings. The van der Waals surface area contributed by atoms with Gasteiger partial charge >= 0.3 is 5.97 Å². The van der Waals surface area contributed by atoms with Crippen molar-refractivity contribution in [2.45, 2.75) is 39.2 Å². The second kappa shape index (κ2) is 4.49. The predicted octanol–water partition coefficient (Wildman–Crippen LogP) is 2.19. The standard InChI is InChI=1S/C12H17NO4/c1-4-15-10(14)9-8(2)13-11(17-9)12(3)6-5-7-16-12/h4-7H2,1-3H3. The lowest BCUT2D eigenvalue weighted by Gasteiger charge is -2.18. The lowest BCUT2D eigenvalue weighted by atomic mass is 10.0. The molecule has 5 nitrogen and oxygen atoms in total. The summed E-state index contributed by atoms with van der Waals surface area (Å²) in [5.74, 6) is 0.180. The lowest BCUT2D eigenvalue weighted by molar-refractivity contribution is -0.00668. The smallest absolute Gasteiger partial charge is 0.376 e. The minimum Gasteiger partial charge on any atom is -0.460 e. The Morgan fingerprint density at radius 2 is 2.35 bits per heavy atom. The molecule has 1 saturated heterocycles. The predicted molar refractivity (Wildman–Crippen MR) is 59.7 cm³/mol. The Kier molecular flexibility index (Phi) is 3.19. The van der Waals surface area contributed by atoms with E-state index in [1.54, 1.807) is 13.8 Å². The number of aryl methyl sites for hydroxylation is 1. The van der Waals surface area contributed by atoms with E-state index in [-0.39, 0.29) is 5.76 Å². The fraction of sp³-hybridized carbons (Fsp3) is 0.667. The van der Waals surface area contributed by atoms with Crippen LogP contribution in [0, 0.1) is 6.92 Å². The molecular weight excluding hydrogens is 222 g/mol. The number of aromatic nitrogens is 1. The molecule has 1 unspecified atom stereocenters. The van der Waals surface area contributed by atoms with Crippen molar-refractivity contribution in [3.8, 4) is 0 Å². The van der Waals surface area contributed by atoms with E-state index >= 15 is 0 Å². The molecule has 0 bridgehead atoms. The van der Waals surface area contributed by atoms with Crippen LogP contribution in [-0.4, -0.2) is 24.2 Å². The quantitative estimate of drug-likeness (QED) is 0.756. The SMILES string of the molecule is CCOC(=O)c1oc(C2(C)CCCO2)nc1C. The van der Waals surface area contributed by atoms with Crippen molar-refractivity contribution in [1.29, 1.82) is 0 Å². The third-order valence-corrected chi connectivity index (χ3v) is 2.93. The molecule has 5 heteroatoms. The molecule has 0 aromatic carbocycles. The van der Waals surface area contributed by atoms with Crippen molar-refractivity contribution in [3.05, 3.63) is 17.3 Å². The fourth-order valence-corrected chi connectivity index (χ4v) is 1.96. The number of hydrogen-bond donors (Lipinski definition) is 0. The summed E-state index contributed by atoms with van der Waals surface area (Å²) < 4.78 is 16.0. The van der Waals surface area contributed by atoms with Gasteiger partial charge in [-0.15, -0.1) is 0 Å². The highest BCUT2D eigenvalue weighted by Crippen LogP contribution is 2.35. The molecule has 0 N–H and O–H groups in total. The zero-order valence-electron chi connectivity index (χ0n) is 10.4. The van der Waals surface area contributed by atoms with Gasteiger partial charge in [0.2, 0.25) is 11.7 Å². The van der Waals surface area contributed by atoms with Crippen LogP contribution in [0.2, 0.25) is 0 Å². The molecule has 0 radical (unpaired) electrons. The molecule has 0 spiro atoms. The maximum absolute atomic E-state index is 11.6. The molecular formula is C12H17NO4. The molecule has 1 aliphatic rings. The van der Waals surface area contributed by atoms with Gasteiger partial charge in [0.15, 0.2) is 0 Å². The first kappa shape index (κ1) is 12.1. The minimum absolute atomic E-state index is 0.179. The van der Waals surface area contributed by atoms with Crippen LogP contribution in [0.3, 0.4) is 0 Å². The number of ether oxygens (including phenoxy) is 2. The second-order valence-corrected chi connectivity index (χ2v) is 4.34. The summed E-state index contributed by atoms with van der Waals surface area (Å²) in [4.78, 5) is 15.9. The van der Waals surface area contributed by atoms with E-state index in [1.807, 2.05) is 6.92 Å². The molecule has 1 atom stereocenters. The van der Waals surface area contributed by atoms with Crippen molar-refractivity contribution >= 4 is 5.97 Å². The van der Waals surface area contributed by atoms with E-state index in [0.29, 0.717) is 24.8 Å². The maximum atomic E-state index is 11.6. The summed E-state index contributed by atoms with van der Waals surface area (Å²) in [6.45, 7) is 6.44. The van der Waals surface area contributed by atoms with Gasteiger partial charge in [-0.25, -0.2) is 9.78 Å². The van der Waals surface area contributed by atoms with Gasteiger partial charge in [0.1, 0.15) is 5.60 Å². The van der Waals surface area contributed by atoms with Crippen LogP contribution in [0.25, 0.3) is 0 Å². The number of carbonyl (C=O) groups is 1. The molecule has 0 aliphatic carbocycles. The monoisotopic (exact) mass is 239 g/mol. The highest BCUT2D eigenvalue weighted by molar-refractivity contribution is 5.87. The van der Waals surface area contributed by atoms with E-state index in [0.717, 1.165) is 12.8 Å². The van der Waals surface area contributed by atoms with Crippen LogP contribution in [0.1, 0.15) is 48.8 Å². The molecule has 1 aliphatic heterocycles. The number of carbonyl (C=O) groups excluding carboxylic acids is 1. The van der Waals surface area contributed by atoms with Gasteiger partial charge in [-0.2, -0.15) is 0 Å². The van der Waals surface area contributed by atoms with Crippen LogP contribution < -0.4 is 0 Å². The van der Waals surface area contributed by atoms with Gasteiger partial charge in [-0.05, 0) is 33.6 Å². The number of nitrogens with zero attached hydrogens (tertiary/aromatic N) is 1. The zero-order chi connectivity index (χ0) is 12.5. The Morgan fingerprint density at radius 1 is 1.59 bits per heavy atom. The van der Waals surface area contributed by atoms with Crippen molar-refractivity contribution in [2.75, 3.05) is 13.2 Å². The van der Waals surface area contributed by atoms with Crippen LogP contribution >= 0.6 is 0 Å². The van der Waals surface area contributed by atoms with Gasteiger partial charge < -0.3 is 13.9 Å².